The average molecular weight is 264 g/mol. The van der Waals surface area contributed by atoms with E-state index in [-0.39, 0.29) is 11.7 Å². The largest absolute Gasteiger partial charge is 0.496 e. The molecule has 5 heteroatoms. The number of ketones is 1. The molecule has 0 bridgehead atoms. The molecular weight excluding hydrogens is 248 g/mol. The minimum Gasteiger partial charge on any atom is -0.496 e. The molecule has 2 rings (SSSR count). The molecule has 1 N–H and O–H groups in total. The maximum atomic E-state index is 12.3. The Kier molecular flexibility index (Phi) is 3.74. The molecule has 1 aliphatic carbocycles. The van der Waals surface area contributed by atoms with E-state index < -0.39 is 12.6 Å². The molecule has 0 unspecified atom stereocenters. The number of aliphatic carboxylic acids is 1. The molecule has 0 aromatic heterocycles. The lowest BCUT2D eigenvalue weighted by Gasteiger charge is -2.24. The van der Waals surface area contributed by atoms with Crippen LogP contribution in [-0.2, 0) is 11.2 Å². The van der Waals surface area contributed by atoms with E-state index in [4.69, 9.17) is 14.6 Å². The number of ether oxygens (including phenoxy) is 2. The second-order valence-electron chi connectivity index (χ2n) is 4.61. The highest BCUT2D eigenvalue weighted by molar-refractivity contribution is 6.03. The highest BCUT2D eigenvalue weighted by atomic mass is 16.5. The fraction of sp³-hybridized carbons (Fsp3) is 0.429. The quantitative estimate of drug-likeness (QED) is 0.899. The number of carboxylic acids is 1. The number of fused-ring (bicyclic) bond motifs is 1. The highest BCUT2D eigenvalue weighted by Crippen LogP contribution is 2.37. The molecule has 0 heterocycles. The van der Waals surface area contributed by atoms with Crippen molar-refractivity contribution in [2.75, 3.05) is 13.7 Å². The Labute approximate surface area is 111 Å². The van der Waals surface area contributed by atoms with Gasteiger partial charge in [0.1, 0.15) is 11.5 Å². The van der Waals surface area contributed by atoms with Crippen molar-refractivity contribution < 1.29 is 24.2 Å². The van der Waals surface area contributed by atoms with Gasteiger partial charge in [0.2, 0.25) is 0 Å². The van der Waals surface area contributed by atoms with Gasteiger partial charge >= 0.3 is 5.97 Å². The predicted molar refractivity (Wildman–Crippen MR) is 67.9 cm³/mol. The van der Waals surface area contributed by atoms with E-state index in [1.54, 1.807) is 19.2 Å². The number of rotatable bonds is 4. The van der Waals surface area contributed by atoms with Crippen LogP contribution in [0.15, 0.2) is 12.1 Å². The van der Waals surface area contributed by atoms with Crippen molar-refractivity contribution in [2.45, 2.75) is 19.8 Å². The standard InChI is InChI=1S/C14H16O5/c1-8-3-4-9-10(18-2)5-6-11(13(9)14(8)17)19-7-12(15)16/h5-6,8H,3-4,7H2,1-2H3,(H,15,16)/t8-/m1/s1. The van der Waals surface area contributed by atoms with Crippen LogP contribution in [0.1, 0.15) is 29.3 Å². The summed E-state index contributed by atoms with van der Waals surface area (Å²) in [7, 11) is 1.55. The Morgan fingerprint density at radius 2 is 2.11 bits per heavy atom. The van der Waals surface area contributed by atoms with Gasteiger partial charge in [0, 0.05) is 11.5 Å². The Morgan fingerprint density at radius 3 is 2.74 bits per heavy atom. The van der Waals surface area contributed by atoms with Gasteiger partial charge in [0.05, 0.1) is 12.7 Å². The lowest BCUT2D eigenvalue weighted by Crippen LogP contribution is -2.22. The summed E-state index contributed by atoms with van der Waals surface area (Å²) >= 11 is 0. The first-order valence-electron chi connectivity index (χ1n) is 6.13. The number of methoxy groups -OCH3 is 1. The molecule has 0 aliphatic heterocycles. The van der Waals surface area contributed by atoms with Crippen LogP contribution in [-0.4, -0.2) is 30.6 Å². The monoisotopic (exact) mass is 264 g/mol. The van der Waals surface area contributed by atoms with Crippen LogP contribution in [0.2, 0.25) is 0 Å². The van der Waals surface area contributed by atoms with Crippen molar-refractivity contribution in [3.63, 3.8) is 0 Å². The molecule has 0 fully saturated rings. The molecule has 5 nitrogen and oxygen atoms in total. The van der Waals surface area contributed by atoms with Crippen molar-refractivity contribution in [1.29, 1.82) is 0 Å². The van der Waals surface area contributed by atoms with E-state index in [0.717, 1.165) is 18.4 Å². The summed E-state index contributed by atoms with van der Waals surface area (Å²) < 4.78 is 10.5. The molecule has 1 aliphatic rings. The van der Waals surface area contributed by atoms with Gasteiger partial charge in [-0.25, -0.2) is 4.79 Å². The summed E-state index contributed by atoms with van der Waals surface area (Å²) in [6, 6.07) is 3.30. The van der Waals surface area contributed by atoms with Crippen LogP contribution in [0.3, 0.4) is 0 Å². The fourth-order valence-electron chi connectivity index (χ4n) is 2.31. The van der Waals surface area contributed by atoms with E-state index in [1.807, 2.05) is 6.92 Å². The summed E-state index contributed by atoms with van der Waals surface area (Å²) in [6.45, 7) is 1.41. The Balaban J connectivity index is 2.45. The number of hydrogen-bond acceptors (Lipinski definition) is 4. The summed E-state index contributed by atoms with van der Waals surface area (Å²) in [6.07, 6.45) is 1.50. The zero-order valence-electron chi connectivity index (χ0n) is 10.9. The zero-order chi connectivity index (χ0) is 14.0. The third-order valence-corrected chi connectivity index (χ3v) is 3.32. The number of carboxylic acid groups (broad SMARTS) is 1. The molecular formula is C14H16O5. The van der Waals surface area contributed by atoms with Crippen LogP contribution in [0.5, 0.6) is 11.5 Å². The second kappa shape index (κ2) is 5.30. The van der Waals surface area contributed by atoms with E-state index in [2.05, 4.69) is 0 Å². The molecule has 19 heavy (non-hydrogen) atoms. The van der Waals surface area contributed by atoms with E-state index in [0.29, 0.717) is 17.1 Å². The van der Waals surface area contributed by atoms with Crippen molar-refractivity contribution in [1.82, 2.24) is 0 Å². The summed E-state index contributed by atoms with van der Waals surface area (Å²) in [5.74, 6) is -0.180. The number of hydrogen-bond donors (Lipinski definition) is 1. The molecule has 1 atom stereocenters. The molecule has 102 valence electrons. The van der Waals surface area contributed by atoms with E-state index in [1.165, 1.54) is 0 Å². The normalized spacial score (nSPS) is 17.8. The SMILES string of the molecule is COc1ccc(OCC(=O)O)c2c1CC[C@@H](C)C2=O. The van der Waals surface area contributed by atoms with Crippen LogP contribution in [0, 0.1) is 5.92 Å². The van der Waals surface area contributed by atoms with Crippen LogP contribution in [0.25, 0.3) is 0 Å². The Morgan fingerprint density at radius 1 is 1.42 bits per heavy atom. The average Bonchev–Trinajstić information content (AvgIpc) is 2.39. The molecule has 0 spiro atoms. The van der Waals surface area contributed by atoms with Gasteiger partial charge in [0.25, 0.3) is 0 Å². The van der Waals surface area contributed by atoms with Crippen LogP contribution >= 0.6 is 0 Å². The lowest BCUT2D eigenvalue weighted by molar-refractivity contribution is -0.139. The maximum absolute atomic E-state index is 12.3. The number of Topliss-reactive ketones (excluding diaryl/α,β-unsaturated/α-hetero) is 1. The molecule has 1 aromatic carbocycles. The van der Waals surface area contributed by atoms with Gasteiger partial charge < -0.3 is 14.6 Å². The van der Waals surface area contributed by atoms with Gasteiger partial charge in [-0.2, -0.15) is 0 Å². The van der Waals surface area contributed by atoms with Crippen LogP contribution in [0.4, 0.5) is 0 Å². The van der Waals surface area contributed by atoms with E-state index >= 15 is 0 Å². The minimum atomic E-state index is -1.07. The minimum absolute atomic E-state index is 0.0134. The highest BCUT2D eigenvalue weighted by Gasteiger charge is 2.30. The molecule has 0 saturated carbocycles. The summed E-state index contributed by atoms with van der Waals surface area (Å²) in [5.41, 5.74) is 1.29. The van der Waals surface area contributed by atoms with Gasteiger partial charge in [0.15, 0.2) is 12.4 Å². The van der Waals surface area contributed by atoms with E-state index in [9.17, 15) is 9.59 Å². The number of carbonyl (C=O) groups is 2. The third kappa shape index (κ3) is 2.54. The third-order valence-electron chi connectivity index (χ3n) is 3.32. The number of benzene rings is 1. The smallest absolute Gasteiger partial charge is 0.341 e. The predicted octanol–water partition coefficient (Wildman–Crippen LogP) is 1.92. The van der Waals surface area contributed by atoms with Gasteiger partial charge in [-0.15, -0.1) is 0 Å². The maximum Gasteiger partial charge on any atom is 0.341 e. The fourth-order valence-corrected chi connectivity index (χ4v) is 2.31. The van der Waals surface area contributed by atoms with Crippen molar-refractivity contribution in [3.8, 4) is 11.5 Å². The van der Waals surface area contributed by atoms with Gasteiger partial charge in [-0.3, -0.25) is 4.79 Å². The summed E-state index contributed by atoms with van der Waals surface area (Å²) in [5, 5.41) is 8.66. The second-order valence-corrected chi connectivity index (χ2v) is 4.61. The first-order chi connectivity index (χ1) is 9.04. The first kappa shape index (κ1) is 13.4. The van der Waals surface area contributed by atoms with Crippen LogP contribution < -0.4 is 9.47 Å². The van der Waals surface area contributed by atoms with Crippen molar-refractivity contribution in [2.24, 2.45) is 5.92 Å². The molecule has 0 amide bonds. The molecule has 1 aromatic rings. The summed E-state index contributed by atoms with van der Waals surface area (Å²) in [4.78, 5) is 22.8. The topological polar surface area (TPSA) is 72.8 Å². The molecule has 0 radical (unpaired) electrons. The zero-order valence-corrected chi connectivity index (χ0v) is 10.9. The Bertz CT molecular complexity index is 521. The Hall–Kier alpha value is -2.04. The van der Waals surface area contributed by atoms with Crippen molar-refractivity contribution >= 4 is 11.8 Å². The van der Waals surface area contributed by atoms with Gasteiger partial charge in [-0.1, -0.05) is 6.92 Å². The van der Waals surface area contributed by atoms with Crippen molar-refractivity contribution in [3.05, 3.63) is 23.3 Å². The number of carbonyl (C=O) groups excluding carboxylic acids is 1. The molecule has 0 saturated heterocycles. The first-order valence-corrected chi connectivity index (χ1v) is 6.13. The van der Waals surface area contributed by atoms with Gasteiger partial charge in [-0.05, 0) is 25.0 Å². The lowest BCUT2D eigenvalue weighted by atomic mass is 9.83.